The smallest absolute Gasteiger partial charge is 0.359 e. The van der Waals surface area contributed by atoms with Crippen molar-refractivity contribution in [2.45, 2.75) is 55.7 Å². The molecule has 16 heteroatoms. The van der Waals surface area contributed by atoms with Crippen molar-refractivity contribution in [2.24, 2.45) is 0 Å². The first kappa shape index (κ1) is 27.3. The number of aliphatic hydroxyl groups is 2. The number of hydrogen-bond acceptors (Lipinski definition) is 11. The molecule has 0 spiro atoms. The maximum absolute atomic E-state index is 11.9. The Labute approximate surface area is 222 Å². The van der Waals surface area contributed by atoms with Gasteiger partial charge >= 0.3 is 7.60 Å². The Morgan fingerprint density at radius 3 is 2.76 bits per heavy atom. The van der Waals surface area contributed by atoms with Crippen LogP contribution in [0.1, 0.15) is 36.7 Å². The summed E-state index contributed by atoms with van der Waals surface area (Å²) in [6, 6.07) is 8.08. The van der Waals surface area contributed by atoms with Gasteiger partial charge in [-0.3, -0.25) is 4.57 Å². The molecular weight excluding hydrogens is 543 g/mol. The lowest BCUT2D eigenvalue weighted by Gasteiger charge is -2.31. The van der Waals surface area contributed by atoms with E-state index in [-0.39, 0.29) is 22.5 Å². The number of hydrogen-bond donors (Lipinski definition) is 5. The summed E-state index contributed by atoms with van der Waals surface area (Å²) in [5.41, 5.74) is 2.85. The molecule has 1 unspecified atom stereocenters. The molecule has 3 heterocycles. The number of nitrogens with one attached hydrogen (secondary N) is 1. The van der Waals surface area contributed by atoms with Crippen molar-refractivity contribution in [3.8, 4) is 0 Å². The van der Waals surface area contributed by atoms with E-state index in [4.69, 9.17) is 25.8 Å². The highest BCUT2D eigenvalue weighted by molar-refractivity contribution is 7.53. The van der Waals surface area contributed by atoms with Crippen LogP contribution in [0, 0.1) is 0 Å². The van der Waals surface area contributed by atoms with Crippen LogP contribution in [0.25, 0.3) is 11.2 Å². The number of aryl methyl sites for hydroxylation is 1. The van der Waals surface area contributed by atoms with Crippen LogP contribution in [0.4, 0.5) is 5.82 Å². The molecule has 0 saturated carbocycles. The van der Waals surface area contributed by atoms with Gasteiger partial charge in [-0.05, 0) is 42.5 Å². The van der Waals surface area contributed by atoms with Crippen LogP contribution in [0.5, 0.6) is 0 Å². The molecule has 38 heavy (non-hydrogen) atoms. The number of aromatic nitrogens is 5. The highest BCUT2D eigenvalue weighted by Crippen LogP contribution is 2.51. The fourth-order valence-electron chi connectivity index (χ4n) is 4.76. The van der Waals surface area contributed by atoms with Crippen molar-refractivity contribution < 1.29 is 38.8 Å². The third-order valence-electron chi connectivity index (χ3n) is 6.91. The number of ether oxygens (including phenoxy) is 3. The minimum atomic E-state index is -4.75. The van der Waals surface area contributed by atoms with Crippen LogP contribution < -0.4 is 5.32 Å². The summed E-state index contributed by atoms with van der Waals surface area (Å²) in [7, 11) is -3.48. The highest BCUT2D eigenvalue weighted by Gasteiger charge is 2.49. The summed E-state index contributed by atoms with van der Waals surface area (Å²) >= 11 is 6.22. The molecule has 1 aliphatic heterocycles. The third kappa shape index (κ3) is 4.92. The van der Waals surface area contributed by atoms with E-state index in [1.807, 2.05) is 18.2 Å². The summed E-state index contributed by atoms with van der Waals surface area (Å²) in [5.74, 6) is 0.359. The first-order chi connectivity index (χ1) is 18.0. The number of methoxy groups -OCH3 is 1. The van der Waals surface area contributed by atoms with Crippen molar-refractivity contribution in [2.75, 3.05) is 25.6 Å². The molecule has 0 bridgehead atoms. The Morgan fingerprint density at radius 1 is 1.26 bits per heavy atom. The number of halogens is 1. The Kier molecular flexibility index (Phi) is 7.46. The largest absolute Gasteiger partial charge is 0.387 e. The average Bonchev–Trinajstić information content (AvgIpc) is 3.54. The van der Waals surface area contributed by atoms with E-state index in [1.54, 1.807) is 0 Å². The first-order valence-electron chi connectivity index (χ1n) is 11.9. The van der Waals surface area contributed by atoms with Gasteiger partial charge in [0.15, 0.2) is 28.6 Å². The van der Waals surface area contributed by atoms with E-state index in [1.165, 1.54) is 24.3 Å². The van der Waals surface area contributed by atoms with Gasteiger partial charge in [-0.25, -0.2) is 0 Å². The molecule has 2 aliphatic rings. The Bertz CT molecular complexity index is 1370. The summed E-state index contributed by atoms with van der Waals surface area (Å²) < 4.78 is 29.2. The maximum atomic E-state index is 11.9. The van der Waals surface area contributed by atoms with Gasteiger partial charge in [-0.1, -0.05) is 29.5 Å². The molecule has 14 nitrogen and oxygen atoms in total. The van der Waals surface area contributed by atoms with E-state index in [9.17, 15) is 24.6 Å². The third-order valence-corrected chi connectivity index (χ3v) is 8.56. The molecule has 1 aliphatic carbocycles. The van der Waals surface area contributed by atoms with E-state index < -0.39 is 50.7 Å². The van der Waals surface area contributed by atoms with Crippen LogP contribution in [-0.4, -0.2) is 88.9 Å². The van der Waals surface area contributed by atoms with Gasteiger partial charge in [0.1, 0.15) is 18.3 Å². The fraction of sp³-hybridized carbons (Fsp3) is 0.545. The molecule has 5 rings (SSSR count). The molecule has 1 aromatic carbocycles. The predicted octanol–water partition coefficient (Wildman–Crippen LogP) is 1.15. The zero-order chi connectivity index (χ0) is 27.2. The van der Waals surface area contributed by atoms with E-state index in [2.05, 4.69) is 31.7 Å². The van der Waals surface area contributed by atoms with Crippen LogP contribution in [-0.2, 0) is 25.2 Å². The molecule has 2 aromatic heterocycles. The van der Waals surface area contributed by atoms with Crippen LogP contribution in [0.15, 0.2) is 24.3 Å². The van der Waals surface area contributed by atoms with Gasteiger partial charge in [-0.2, -0.15) is 14.6 Å². The minimum absolute atomic E-state index is 0.0161. The van der Waals surface area contributed by atoms with Crippen LogP contribution in [0.2, 0.25) is 5.28 Å². The lowest BCUT2D eigenvalue weighted by molar-refractivity contribution is -0.108. The van der Waals surface area contributed by atoms with Crippen molar-refractivity contribution in [3.05, 3.63) is 40.7 Å². The average molecular weight is 571 g/mol. The number of nitrogens with zero attached hydrogens (tertiary/aromatic N) is 5. The summed E-state index contributed by atoms with van der Waals surface area (Å²) in [6.07, 6.45) is -3.57. The Balaban J connectivity index is 1.38. The first-order valence-corrected chi connectivity index (χ1v) is 13.8. The predicted molar refractivity (Wildman–Crippen MR) is 133 cm³/mol. The summed E-state index contributed by atoms with van der Waals surface area (Å²) in [6.45, 7) is 0.333. The number of benzene rings is 1. The number of aliphatic hydroxyl groups excluding tert-OH is 2. The monoisotopic (exact) mass is 570 g/mol. The Hall–Kier alpha value is -2.26. The molecule has 0 amide bonds. The van der Waals surface area contributed by atoms with Gasteiger partial charge in [0.25, 0.3) is 0 Å². The summed E-state index contributed by atoms with van der Waals surface area (Å²) in [5, 5.41) is 30.9. The lowest BCUT2D eigenvalue weighted by Crippen LogP contribution is -2.40. The normalized spacial score (nSPS) is 27.0. The zero-order valence-corrected chi connectivity index (χ0v) is 22.2. The molecule has 3 aromatic rings. The highest BCUT2D eigenvalue weighted by atomic mass is 35.5. The molecule has 1 fully saturated rings. The maximum Gasteiger partial charge on any atom is 0.359 e. The minimum Gasteiger partial charge on any atom is -0.387 e. The summed E-state index contributed by atoms with van der Waals surface area (Å²) in [4.78, 5) is 27.9. The topological polar surface area (TPSA) is 194 Å². The van der Waals surface area contributed by atoms with Crippen LogP contribution in [0.3, 0.4) is 0 Å². The number of fused-ring (bicyclic) bond motifs is 2. The van der Waals surface area contributed by atoms with E-state index >= 15 is 0 Å². The van der Waals surface area contributed by atoms with Gasteiger partial charge in [0.2, 0.25) is 5.28 Å². The van der Waals surface area contributed by atoms with Gasteiger partial charge in [0, 0.05) is 7.11 Å². The Morgan fingerprint density at radius 2 is 2.03 bits per heavy atom. The van der Waals surface area contributed by atoms with Gasteiger partial charge < -0.3 is 39.5 Å². The van der Waals surface area contributed by atoms with Crippen molar-refractivity contribution in [1.29, 1.82) is 0 Å². The van der Waals surface area contributed by atoms with Gasteiger partial charge in [-0.15, -0.1) is 5.10 Å². The SMILES string of the molecule is COCC(C)(OC[C@H]1O[C@H](n2nnc3c(N[C@@H]4CCc5ccccc54)nc(Cl)nc32)[C@H](O)[C@@H]1O)P(=O)(O)O. The number of rotatable bonds is 9. The van der Waals surface area contributed by atoms with E-state index in [0.29, 0.717) is 5.82 Å². The molecule has 206 valence electrons. The second-order valence-corrected chi connectivity index (χ2v) is 11.9. The fourth-order valence-corrected chi connectivity index (χ4v) is 5.46. The van der Waals surface area contributed by atoms with E-state index in [0.717, 1.165) is 18.4 Å². The van der Waals surface area contributed by atoms with Crippen molar-refractivity contribution in [1.82, 2.24) is 25.0 Å². The molecular formula is C22H28ClN6O8P. The van der Waals surface area contributed by atoms with Crippen LogP contribution >= 0.6 is 19.2 Å². The molecule has 0 radical (unpaired) electrons. The quantitative estimate of drug-likeness (QED) is 0.182. The van der Waals surface area contributed by atoms with Crippen molar-refractivity contribution >= 4 is 36.2 Å². The number of anilines is 1. The van der Waals surface area contributed by atoms with Gasteiger partial charge in [0.05, 0.1) is 19.3 Å². The zero-order valence-electron chi connectivity index (χ0n) is 20.5. The molecule has 5 N–H and O–H groups in total. The molecule has 6 atom stereocenters. The second-order valence-electron chi connectivity index (χ2n) is 9.49. The lowest BCUT2D eigenvalue weighted by atomic mass is 10.1. The molecule has 1 saturated heterocycles. The standard InChI is InChI=1S/C22H28ClN6O8P/c1-22(10-35-2,38(32,33)34)36-9-14-16(30)17(31)20(37-14)29-19-15(27-28-29)18(25-21(23)26-19)24-13-8-7-11-5-3-4-6-12(11)13/h3-6,13-14,16-17,20,30-31H,7-10H2,1-2H3,(H,24,25,26)(H2,32,33,34)/t13-,14-,16-,17-,20+,22?/m1/s1. The van der Waals surface area contributed by atoms with Crippen molar-refractivity contribution in [3.63, 3.8) is 0 Å². The second kappa shape index (κ2) is 10.4.